The Morgan fingerprint density at radius 2 is 1.57 bits per heavy atom. The van der Waals surface area contributed by atoms with Gasteiger partial charge in [0.05, 0.1) is 6.54 Å². The fourth-order valence-electron chi connectivity index (χ4n) is 1.74. The highest BCUT2D eigenvalue weighted by Crippen LogP contribution is 2.10. The Bertz CT molecular complexity index is 612. The number of halogens is 1. The number of amides is 2. The van der Waals surface area contributed by atoms with Crippen molar-refractivity contribution in [1.29, 1.82) is 0 Å². The molecule has 0 atom stereocenters. The maximum atomic E-state index is 11.9. The maximum absolute atomic E-state index is 11.9. The summed E-state index contributed by atoms with van der Waals surface area (Å²) in [5, 5.41) is 5.26. The number of carbonyl (C=O) groups is 2. The molecule has 2 aromatic rings. The summed E-state index contributed by atoms with van der Waals surface area (Å²) in [7, 11) is 0. The molecule has 2 N–H and O–H groups in total. The zero-order chi connectivity index (χ0) is 15.1. The number of hydrogen-bond acceptors (Lipinski definition) is 2. The van der Waals surface area contributed by atoms with Crippen molar-refractivity contribution in [1.82, 2.24) is 10.6 Å². The van der Waals surface area contributed by atoms with Crippen LogP contribution < -0.4 is 10.6 Å². The molecule has 21 heavy (non-hydrogen) atoms. The van der Waals surface area contributed by atoms with Crippen LogP contribution in [0.5, 0.6) is 0 Å². The van der Waals surface area contributed by atoms with E-state index in [0.717, 1.165) is 10.0 Å². The number of Topliss-reactive ketones (excluding diaryl/α,β-unsaturated/α-hetero) is 1. The predicted octanol–water partition coefficient (Wildman–Crippen LogP) is 3.13. The highest BCUT2D eigenvalue weighted by Gasteiger charge is 2.07. The van der Waals surface area contributed by atoms with E-state index >= 15 is 0 Å². The third-order valence-electron chi connectivity index (χ3n) is 2.87. The van der Waals surface area contributed by atoms with E-state index < -0.39 is 0 Å². The Morgan fingerprint density at radius 1 is 0.905 bits per heavy atom. The summed E-state index contributed by atoms with van der Waals surface area (Å²) in [6.07, 6.45) is 0. The Balaban J connectivity index is 1.76. The number of rotatable bonds is 5. The molecule has 0 radical (unpaired) electrons. The molecule has 4 nitrogen and oxygen atoms in total. The molecule has 0 aliphatic heterocycles. The fraction of sp³-hybridized carbons (Fsp3) is 0.125. The number of urea groups is 1. The van der Waals surface area contributed by atoms with Gasteiger partial charge in [0.1, 0.15) is 0 Å². The molecular weight excluding hydrogens is 332 g/mol. The van der Waals surface area contributed by atoms with Gasteiger partial charge in [-0.05, 0) is 17.7 Å². The number of benzene rings is 2. The van der Waals surface area contributed by atoms with Gasteiger partial charge in [0, 0.05) is 16.6 Å². The molecule has 0 aromatic heterocycles. The molecule has 2 aromatic carbocycles. The zero-order valence-electron chi connectivity index (χ0n) is 11.3. The molecule has 0 heterocycles. The van der Waals surface area contributed by atoms with Crippen molar-refractivity contribution >= 4 is 27.7 Å². The van der Waals surface area contributed by atoms with Crippen LogP contribution in [-0.4, -0.2) is 18.4 Å². The van der Waals surface area contributed by atoms with Crippen molar-refractivity contribution in [3.05, 3.63) is 70.2 Å². The third kappa shape index (κ3) is 5.04. The fourth-order valence-corrected chi connectivity index (χ4v) is 2.00. The van der Waals surface area contributed by atoms with Crippen molar-refractivity contribution in [3.63, 3.8) is 0 Å². The highest BCUT2D eigenvalue weighted by atomic mass is 79.9. The molecule has 2 amide bonds. The average molecular weight is 347 g/mol. The molecule has 0 unspecified atom stereocenters. The van der Waals surface area contributed by atoms with Crippen LogP contribution in [0, 0.1) is 0 Å². The normalized spacial score (nSPS) is 9.95. The SMILES string of the molecule is O=C(NCC(=O)c1ccc(Br)cc1)NCc1ccccc1. The van der Waals surface area contributed by atoms with Gasteiger partial charge in [-0.1, -0.05) is 58.4 Å². The first-order chi connectivity index (χ1) is 10.1. The Hall–Kier alpha value is -2.14. The maximum Gasteiger partial charge on any atom is 0.315 e. The molecule has 2 rings (SSSR count). The molecule has 0 fully saturated rings. The minimum absolute atomic E-state index is 0.0255. The van der Waals surface area contributed by atoms with Crippen LogP contribution in [0.25, 0.3) is 0 Å². The van der Waals surface area contributed by atoms with Gasteiger partial charge in [0.15, 0.2) is 5.78 Å². The molecule has 0 saturated heterocycles. The van der Waals surface area contributed by atoms with Crippen molar-refractivity contribution in [2.45, 2.75) is 6.54 Å². The van der Waals surface area contributed by atoms with Crippen LogP contribution in [0.4, 0.5) is 4.79 Å². The summed E-state index contributed by atoms with van der Waals surface area (Å²) >= 11 is 3.31. The molecule has 5 heteroatoms. The van der Waals surface area contributed by atoms with Crippen molar-refractivity contribution in [2.75, 3.05) is 6.54 Å². The van der Waals surface area contributed by atoms with E-state index in [2.05, 4.69) is 26.6 Å². The van der Waals surface area contributed by atoms with Crippen LogP contribution in [0.3, 0.4) is 0 Å². The van der Waals surface area contributed by atoms with E-state index in [1.54, 1.807) is 24.3 Å². The predicted molar refractivity (Wildman–Crippen MR) is 85.2 cm³/mol. The average Bonchev–Trinajstić information content (AvgIpc) is 2.52. The summed E-state index contributed by atoms with van der Waals surface area (Å²) in [5.41, 5.74) is 1.58. The lowest BCUT2D eigenvalue weighted by atomic mass is 10.1. The number of carbonyl (C=O) groups excluding carboxylic acids is 2. The smallest absolute Gasteiger partial charge is 0.315 e. The van der Waals surface area contributed by atoms with E-state index in [9.17, 15) is 9.59 Å². The van der Waals surface area contributed by atoms with E-state index in [1.165, 1.54) is 0 Å². The molecule has 0 bridgehead atoms. The van der Waals surface area contributed by atoms with Gasteiger partial charge >= 0.3 is 6.03 Å². The monoisotopic (exact) mass is 346 g/mol. The van der Waals surface area contributed by atoms with E-state index in [-0.39, 0.29) is 18.4 Å². The summed E-state index contributed by atoms with van der Waals surface area (Å²) in [6, 6.07) is 16.3. The van der Waals surface area contributed by atoms with Crippen molar-refractivity contribution in [3.8, 4) is 0 Å². The lowest BCUT2D eigenvalue weighted by Gasteiger charge is -2.07. The Kier molecular flexibility index (Phi) is 5.51. The number of ketones is 1. The lowest BCUT2D eigenvalue weighted by molar-refractivity contribution is 0.0992. The summed E-state index contributed by atoms with van der Waals surface area (Å²) in [4.78, 5) is 23.5. The van der Waals surface area contributed by atoms with Gasteiger partial charge in [-0.3, -0.25) is 4.79 Å². The van der Waals surface area contributed by atoms with Crippen LogP contribution in [0.1, 0.15) is 15.9 Å². The van der Waals surface area contributed by atoms with Gasteiger partial charge in [-0.15, -0.1) is 0 Å². The second kappa shape index (κ2) is 7.59. The van der Waals surface area contributed by atoms with E-state index in [0.29, 0.717) is 12.1 Å². The van der Waals surface area contributed by atoms with Gasteiger partial charge < -0.3 is 10.6 Å². The van der Waals surface area contributed by atoms with Gasteiger partial charge in [0.25, 0.3) is 0 Å². The molecule has 0 spiro atoms. The third-order valence-corrected chi connectivity index (χ3v) is 3.40. The largest absolute Gasteiger partial charge is 0.334 e. The van der Waals surface area contributed by atoms with Crippen molar-refractivity contribution in [2.24, 2.45) is 0 Å². The summed E-state index contributed by atoms with van der Waals surface area (Å²) in [6.45, 7) is 0.404. The van der Waals surface area contributed by atoms with Gasteiger partial charge in [-0.2, -0.15) is 0 Å². The van der Waals surface area contributed by atoms with Gasteiger partial charge in [0.2, 0.25) is 0 Å². The molecular formula is C16H15BrN2O2. The molecule has 0 aliphatic rings. The minimum atomic E-state index is -0.357. The lowest BCUT2D eigenvalue weighted by Crippen LogP contribution is -2.38. The summed E-state index contributed by atoms with van der Waals surface area (Å²) in [5.74, 6) is -0.127. The van der Waals surface area contributed by atoms with Gasteiger partial charge in [-0.25, -0.2) is 4.79 Å². The van der Waals surface area contributed by atoms with Crippen LogP contribution in [-0.2, 0) is 6.54 Å². The Morgan fingerprint density at radius 3 is 2.24 bits per heavy atom. The van der Waals surface area contributed by atoms with Crippen molar-refractivity contribution < 1.29 is 9.59 Å². The quantitative estimate of drug-likeness (QED) is 0.817. The van der Waals surface area contributed by atoms with E-state index in [1.807, 2.05) is 30.3 Å². The first-order valence-corrected chi connectivity index (χ1v) is 7.29. The van der Waals surface area contributed by atoms with Crippen LogP contribution in [0.15, 0.2) is 59.1 Å². The Labute approximate surface area is 131 Å². The molecule has 0 saturated carbocycles. The summed E-state index contributed by atoms with van der Waals surface area (Å²) < 4.78 is 0.910. The van der Waals surface area contributed by atoms with E-state index in [4.69, 9.17) is 0 Å². The van der Waals surface area contributed by atoms with Crippen LogP contribution in [0.2, 0.25) is 0 Å². The van der Waals surface area contributed by atoms with Crippen LogP contribution >= 0.6 is 15.9 Å². The number of hydrogen-bond donors (Lipinski definition) is 2. The first-order valence-electron chi connectivity index (χ1n) is 6.49. The first kappa shape index (κ1) is 15.3. The molecule has 108 valence electrons. The standard InChI is InChI=1S/C16H15BrN2O2/c17-14-8-6-13(7-9-14)15(20)11-19-16(21)18-10-12-4-2-1-3-5-12/h1-9H,10-11H2,(H2,18,19,21). The minimum Gasteiger partial charge on any atom is -0.334 e. The second-order valence-corrected chi connectivity index (χ2v) is 5.37. The topological polar surface area (TPSA) is 58.2 Å². The zero-order valence-corrected chi connectivity index (χ0v) is 12.9. The molecule has 0 aliphatic carbocycles. The number of nitrogens with one attached hydrogen (secondary N) is 2. The highest BCUT2D eigenvalue weighted by molar-refractivity contribution is 9.10. The second-order valence-electron chi connectivity index (χ2n) is 4.45.